The molecule has 0 saturated heterocycles. The molecule has 0 unspecified atom stereocenters. The molecule has 1 aliphatic heterocycles. The standard InChI is InChI=1S/C18H15FN2O2/c19-16-4-2-1-3-13(16)6-8-17(22)21-14-7-5-12-9-10-20-18(23)15(12)11-14/h1-8,11H,9-10H2,(H,20,23)(H,21,22)/b8-6+. The Balaban J connectivity index is 1.72. The van der Waals surface area contributed by atoms with E-state index >= 15 is 0 Å². The van der Waals surface area contributed by atoms with E-state index in [1.165, 1.54) is 18.2 Å². The van der Waals surface area contributed by atoms with E-state index in [1.807, 2.05) is 6.07 Å². The molecule has 4 nitrogen and oxygen atoms in total. The van der Waals surface area contributed by atoms with Gasteiger partial charge in [-0.25, -0.2) is 4.39 Å². The largest absolute Gasteiger partial charge is 0.352 e. The van der Waals surface area contributed by atoms with Crippen LogP contribution in [0.3, 0.4) is 0 Å². The summed E-state index contributed by atoms with van der Waals surface area (Å²) in [5.41, 5.74) is 2.41. The first-order chi connectivity index (χ1) is 11.1. The molecule has 0 saturated carbocycles. The number of hydrogen-bond donors (Lipinski definition) is 2. The van der Waals surface area contributed by atoms with Crippen molar-refractivity contribution in [3.63, 3.8) is 0 Å². The molecule has 3 rings (SSSR count). The molecule has 0 aliphatic carbocycles. The predicted molar refractivity (Wildman–Crippen MR) is 86.5 cm³/mol. The molecule has 0 fully saturated rings. The van der Waals surface area contributed by atoms with E-state index in [0.717, 1.165) is 12.0 Å². The van der Waals surface area contributed by atoms with Crippen molar-refractivity contribution in [2.75, 3.05) is 11.9 Å². The number of carbonyl (C=O) groups is 2. The third kappa shape index (κ3) is 3.45. The average molecular weight is 310 g/mol. The minimum atomic E-state index is -0.387. The van der Waals surface area contributed by atoms with Crippen LogP contribution in [0.4, 0.5) is 10.1 Å². The number of rotatable bonds is 3. The van der Waals surface area contributed by atoms with Gasteiger partial charge in [-0.2, -0.15) is 0 Å². The number of fused-ring (bicyclic) bond motifs is 1. The highest BCUT2D eigenvalue weighted by Crippen LogP contribution is 2.19. The first kappa shape index (κ1) is 15.0. The van der Waals surface area contributed by atoms with Gasteiger partial charge in [-0.1, -0.05) is 24.3 Å². The van der Waals surface area contributed by atoms with Crippen LogP contribution in [-0.4, -0.2) is 18.4 Å². The molecule has 1 heterocycles. The zero-order valence-electron chi connectivity index (χ0n) is 12.3. The molecule has 23 heavy (non-hydrogen) atoms. The molecule has 2 amide bonds. The van der Waals surface area contributed by atoms with E-state index in [9.17, 15) is 14.0 Å². The van der Waals surface area contributed by atoms with Gasteiger partial charge in [0.2, 0.25) is 5.91 Å². The molecular weight excluding hydrogens is 295 g/mol. The highest BCUT2D eigenvalue weighted by Gasteiger charge is 2.16. The summed E-state index contributed by atoms with van der Waals surface area (Å²) in [6.07, 6.45) is 3.45. The summed E-state index contributed by atoms with van der Waals surface area (Å²) in [4.78, 5) is 23.7. The van der Waals surface area contributed by atoms with Crippen LogP contribution in [0.2, 0.25) is 0 Å². The fourth-order valence-corrected chi connectivity index (χ4v) is 2.45. The summed E-state index contributed by atoms with van der Waals surface area (Å²) in [5.74, 6) is -0.907. The number of nitrogens with one attached hydrogen (secondary N) is 2. The summed E-state index contributed by atoms with van der Waals surface area (Å²) < 4.78 is 13.5. The monoisotopic (exact) mass is 310 g/mol. The summed E-state index contributed by atoms with van der Waals surface area (Å²) in [5, 5.41) is 5.44. The summed E-state index contributed by atoms with van der Waals surface area (Å²) in [6, 6.07) is 11.4. The minimum absolute atomic E-state index is 0.135. The Morgan fingerprint density at radius 1 is 1.22 bits per heavy atom. The Bertz CT molecular complexity index is 799. The second-order valence-electron chi connectivity index (χ2n) is 5.22. The SMILES string of the molecule is O=C(/C=C/c1ccccc1F)Nc1ccc2c(c1)C(=O)NCC2. The summed E-state index contributed by atoms with van der Waals surface area (Å²) >= 11 is 0. The fraction of sp³-hybridized carbons (Fsp3) is 0.111. The topological polar surface area (TPSA) is 58.2 Å². The molecule has 0 aromatic heterocycles. The first-order valence-electron chi connectivity index (χ1n) is 7.28. The molecule has 1 aliphatic rings. The highest BCUT2D eigenvalue weighted by atomic mass is 19.1. The first-order valence-corrected chi connectivity index (χ1v) is 7.28. The van der Waals surface area contributed by atoms with Gasteiger partial charge in [-0.15, -0.1) is 0 Å². The van der Waals surface area contributed by atoms with Crippen LogP contribution in [0.15, 0.2) is 48.5 Å². The molecule has 0 bridgehead atoms. The second-order valence-corrected chi connectivity index (χ2v) is 5.22. The molecule has 5 heteroatoms. The number of hydrogen-bond acceptors (Lipinski definition) is 2. The number of benzene rings is 2. The van der Waals surface area contributed by atoms with Crippen LogP contribution in [0, 0.1) is 5.82 Å². The Morgan fingerprint density at radius 3 is 2.87 bits per heavy atom. The number of amides is 2. The zero-order chi connectivity index (χ0) is 16.2. The number of anilines is 1. The Labute approximate surface area is 133 Å². The van der Waals surface area contributed by atoms with Gasteiger partial charge < -0.3 is 10.6 Å². The van der Waals surface area contributed by atoms with Crippen molar-refractivity contribution in [3.05, 3.63) is 71.0 Å². The van der Waals surface area contributed by atoms with Gasteiger partial charge >= 0.3 is 0 Å². The maximum absolute atomic E-state index is 13.5. The smallest absolute Gasteiger partial charge is 0.251 e. The van der Waals surface area contributed by atoms with Crippen LogP contribution < -0.4 is 10.6 Å². The lowest BCUT2D eigenvalue weighted by Crippen LogP contribution is -2.31. The van der Waals surface area contributed by atoms with Crippen molar-refractivity contribution in [3.8, 4) is 0 Å². The lowest BCUT2D eigenvalue weighted by molar-refractivity contribution is -0.111. The third-order valence-corrected chi connectivity index (χ3v) is 3.62. The van der Waals surface area contributed by atoms with Crippen LogP contribution in [-0.2, 0) is 11.2 Å². The van der Waals surface area contributed by atoms with E-state index in [4.69, 9.17) is 0 Å². The molecule has 116 valence electrons. The lowest BCUT2D eigenvalue weighted by Gasteiger charge is -2.17. The maximum atomic E-state index is 13.5. The van der Waals surface area contributed by atoms with Crippen LogP contribution >= 0.6 is 0 Å². The maximum Gasteiger partial charge on any atom is 0.251 e. The van der Waals surface area contributed by atoms with Crippen molar-refractivity contribution < 1.29 is 14.0 Å². The highest BCUT2D eigenvalue weighted by molar-refractivity contribution is 6.03. The molecule has 2 aromatic rings. The molecule has 2 aromatic carbocycles. The molecule has 0 spiro atoms. The van der Waals surface area contributed by atoms with Gasteiger partial charge in [-0.05, 0) is 36.3 Å². The van der Waals surface area contributed by atoms with E-state index in [2.05, 4.69) is 10.6 Å². The van der Waals surface area contributed by atoms with E-state index in [1.54, 1.807) is 30.3 Å². The predicted octanol–water partition coefficient (Wildman–Crippen LogP) is 2.76. The lowest BCUT2D eigenvalue weighted by atomic mass is 10.00. The quantitative estimate of drug-likeness (QED) is 0.857. The van der Waals surface area contributed by atoms with E-state index in [-0.39, 0.29) is 17.6 Å². The van der Waals surface area contributed by atoms with Crippen molar-refractivity contribution in [1.29, 1.82) is 0 Å². The summed E-state index contributed by atoms with van der Waals surface area (Å²) in [6.45, 7) is 0.628. The van der Waals surface area contributed by atoms with Crippen LogP contribution in [0.25, 0.3) is 6.08 Å². The molecule has 0 atom stereocenters. The van der Waals surface area contributed by atoms with Gasteiger partial charge in [-0.3, -0.25) is 9.59 Å². The van der Waals surface area contributed by atoms with Crippen LogP contribution in [0.5, 0.6) is 0 Å². The van der Waals surface area contributed by atoms with Crippen molar-refractivity contribution >= 4 is 23.6 Å². The fourth-order valence-electron chi connectivity index (χ4n) is 2.45. The van der Waals surface area contributed by atoms with Crippen molar-refractivity contribution in [1.82, 2.24) is 5.32 Å². The Kier molecular flexibility index (Phi) is 4.19. The van der Waals surface area contributed by atoms with E-state index < -0.39 is 0 Å². The molecule has 0 radical (unpaired) electrons. The zero-order valence-corrected chi connectivity index (χ0v) is 12.3. The van der Waals surface area contributed by atoms with Gasteiger partial charge in [0.25, 0.3) is 5.91 Å². The summed E-state index contributed by atoms with van der Waals surface area (Å²) in [7, 11) is 0. The van der Waals surface area contributed by atoms with Crippen LogP contribution in [0.1, 0.15) is 21.5 Å². The van der Waals surface area contributed by atoms with Gasteiger partial charge in [0.05, 0.1) is 0 Å². The van der Waals surface area contributed by atoms with E-state index in [0.29, 0.717) is 23.4 Å². The van der Waals surface area contributed by atoms with Crippen molar-refractivity contribution in [2.45, 2.75) is 6.42 Å². The van der Waals surface area contributed by atoms with Crippen molar-refractivity contribution in [2.24, 2.45) is 0 Å². The Hall–Kier alpha value is -2.95. The Morgan fingerprint density at radius 2 is 2.04 bits per heavy atom. The third-order valence-electron chi connectivity index (χ3n) is 3.62. The molecular formula is C18H15FN2O2. The average Bonchev–Trinajstić information content (AvgIpc) is 2.55. The normalized spacial score (nSPS) is 13.5. The van der Waals surface area contributed by atoms with Gasteiger partial charge in [0.15, 0.2) is 0 Å². The number of carbonyl (C=O) groups excluding carboxylic acids is 2. The molecule has 2 N–H and O–H groups in total. The minimum Gasteiger partial charge on any atom is -0.352 e. The number of halogens is 1. The van der Waals surface area contributed by atoms with Gasteiger partial charge in [0, 0.05) is 29.4 Å². The second kappa shape index (κ2) is 6.44. The van der Waals surface area contributed by atoms with Gasteiger partial charge in [0.1, 0.15) is 5.82 Å².